The van der Waals surface area contributed by atoms with Gasteiger partial charge in [0.05, 0.1) is 11.2 Å². The number of rotatable bonds is 5. The third-order valence-electron chi connectivity index (χ3n) is 4.53. The van der Waals surface area contributed by atoms with Crippen LogP contribution < -0.4 is 5.32 Å². The van der Waals surface area contributed by atoms with Crippen molar-refractivity contribution in [1.82, 2.24) is 5.32 Å². The van der Waals surface area contributed by atoms with Crippen LogP contribution in [0.15, 0.2) is 18.2 Å². The average Bonchev–Trinajstić information content (AvgIpc) is 2.54. The number of benzene rings is 1. The predicted molar refractivity (Wildman–Crippen MR) is 80.2 cm³/mol. The Hall–Kier alpha value is -1.44. The van der Waals surface area contributed by atoms with Gasteiger partial charge in [0.15, 0.2) is 0 Å². The fourth-order valence-electron chi connectivity index (χ4n) is 2.98. The molecule has 0 saturated carbocycles. The van der Waals surface area contributed by atoms with Gasteiger partial charge in [0.25, 0.3) is 0 Å². The van der Waals surface area contributed by atoms with E-state index in [9.17, 15) is 4.39 Å². The van der Waals surface area contributed by atoms with E-state index in [4.69, 9.17) is 10.00 Å². The molecule has 0 spiro atoms. The van der Waals surface area contributed by atoms with Crippen molar-refractivity contribution < 1.29 is 9.13 Å². The van der Waals surface area contributed by atoms with E-state index < -0.39 is 5.82 Å². The first-order chi connectivity index (χ1) is 10.1. The maximum Gasteiger partial charge on any atom is 0.140 e. The lowest BCUT2D eigenvalue weighted by molar-refractivity contribution is -0.0932. The molecule has 1 aromatic rings. The fraction of sp³-hybridized carbons (Fsp3) is 0.588. The lowest BCUT2D eigenvalue weighted by atomic mass is 9.86. The third kappa shape index (κ3) is 3.81. The molecule has 1 unspecified atom stereocenters. The van der Waals surface area contributed by atoms with Crippen LogP contribution in [0.2, 0.25) is 0 Å². The van der Waals surface area contributed by atoms with Crippen molar-refractivity contribution in [2.45, 2.75) is 57.7 Å². The Morgan fingerprint density at radius 1 is 1.43 bits per heavy atom. The van der Waals surface area contributed by atoms with Crippen LogP contribution >= 0.6 is 0 Å². The molecule has 1 aromatic carbocycles. The van der Waals surface area contributed by atoms with Gasteiger partial charge in [0.1, 0.15) is 11.9 Å². The van der Waals surface area contributed by atoms with Gasteiger partial charge in [0, 0.05) is 19.2 Å². The number of nitrogens with zero attached hydrogens (tertiary/aromatic N) is 1. The Balaban J connectivity index is 1.95. The molecule has 2 rings (SSSR count). The minimum Gasteiger partial charge on any atom is -0.375 e. The molecule has 21 heavy (non-hydrogen) atoms. The number of hydrogen-bond acceptors (Lipinski definition) is 3. The van der Waals surface area contributed by atoms with E-state index in [1.54, 1.807) is 12.1 Å². The van der Waals surface area contributed by atoms with E-state index in [-0.39, 0.29) is 11.2 Å². The molecule has 0 aromatic heterocycles. The molecule has 1 heterocycles. The Labute approximate surface area is 126 Å². The fourth-order valence-corrected chi connectivity index (χ4v) is 2.98. The Bertz CT molecular complexity index is 520. The van der Waals surface area contributed by atoms with Crippen LogP contribution in [0.25, 0.3) is 0 Å². The van der Waals surface area contributed by atoms with Crippen molar-refractivity contribution in [3.05, 3.63) is 35.1 Å². The molecule has 1 atom stereocenters. The van der Waals surface area contributed by atoms with Crippen LogP contribution in [0.4, 0.5) is 4.39 Å². The highest BCUT2D eigenvalue weighted by atomic mass is 19.1. The van der Waals surface area contributed by atoms with Gasteiger partial charge in [-0.15, -0.1) is 0 Å². The summed E-state index contributed by atoms with van der Waals surface area (Å²) >= 11 is 0. The average molecular weight is 290 g/mol. The number of nitriles is 1. The van der Waals surface area contributed by atoms with E-state index >= 15 is 0 Å². The van der Waals surface area contributed by atoms with Gasteiger partial charge in [-0.25, -0.2) is 4.39 Å². The summed E-state index contributed by atoms with van der Waals surface area (Å²) in [6.07, 6.45) is 4.05. The molecule has 0 radical (unpaired) electrons. The summed E-state index contributed by atoms with van der Waals surface area (Å²) in [5.74, 6) is -0.455. The topological polar surface area (TPSA) is 45.0 Å². The molecular formula is C17H23FN2O. The van der Waals surface area contributed by atoms with E-state index in [0.29, 0.717) is 12.6 Å². The second kappa shape index (κ2) is 7.02. The number of hydrogen-bond donors (Lipinski definition) is 1. The van der Waals surface area contributed by atoms with Crippen LogP contribution in [-0.4, -0.2) is 18.2 Å². The first kappa shape index (κ1) is 15.9. The molecule has 1 N–H and O–H groups in total. The molecule has 1 saturated heterocycles. The van der Waals surface area contributed by atoms with Crippen molar-refractivity contribution in [3.8, 4) is 6.07 Å². The van der Waals surface area contributed by atoms with Gasteiger partial charge in [0.2, 0.25) is 0 Å². The van der Waals surface area contributed by atoms with Gasteiger partial charge in [-0.3, -0.25) is 0 Å². The molecule has 0 bridgehead atoms. The zero-order chi connectivity index (χ0) is 15.3. The highest BCUT2D eigenvalue weighted by Gasteiger charge is 2.34. The molecule has 1 aliphatic heterocycles. The molecule has 1 aliphatic rings. The summed E-state index contributed by atoms with van der Waals surface area (Å²) in [7, 11) is 0. The first-order valence-corrected chi connectivity index (χ1v) is 7.68. The Kier molecular flexibility index (Phi) is 5.33. The van der Waals surface area contributed by atoms with E-state index in [1.165, 1.54) is 6.07 Å². The summed E-state index contributed by atoms with van der Waals surface area (Å²) in [6.45, 7) is 5.78. The van der Waals surface area contributed by atoms with Crippen LogP contribution in [0.3, 0.4) is 0 Å². The minimum absolute atomic E-state index is 0.00345. The summed E-state index contributed by atoms with van der Waals surface area (Å²) in [5, 5.41) is 12.4. The van der Waals surface area contributed by atoms with Crippen LogP contribution in [-0.2, 0) is 11.3 Å². The quantitative estimate of drug-likeness (QED) is 0.902. The number of ether oxygens (including phenoxy) is 1. The second-order valence-electron chi connectivity index (χ2n) is 5.74. The lowest BCUT2D eigenvalue weighted by Gasteiger charge is -2.40. The molecule has 0 aliphatic carbocycles. The minimum atomic E-state index is -0.455. The SMILES string of the molecule is CCC1(CC)CC(NCc2ccc(F)c(C#N)c2)CCO1. The first-order valence-electron chi connectivity index (χ1n) is 7.68. The zero-order valence-corrected chi connectivity index (χ0v) is 12.8. The molecule has 3 nitrogen and oxygen atoms in total. The molecular weight excluding hydrogens is 267 g/mol. The lowest BCUT2D eigenvalue weighted by Crippen LogP contribution is -2.46. The second-order valence-corrected chi connectivity index (χ2v) is 5.74. The summed E-state index contributed by atoms with van der Waals surface area (Å²) < 4.78 is 19.3. The normalized spacial score (nSPS) is 21.0. The van der Waals surface area contributed by atoms with E-state index in [0.717, 1.165) is 37.9 Å². The summed E-state index contributed by atoms with van der Waals surface area (Å²) in [5.41, 5.74) is 1.05. The maximum atomic E-state index is 13.3. The number of nitrogens with one attached hydrogen (secondary N) is 1. The van der Waals surface area contributed by atoms with Crippen LogP contribution in [0.1, 0.15) is 50.7 Å². The monoisotopic (exact) mass is 290 g/mol. The zero-order valence-electron chi connectivity index (χ0n) is 12.8. The maximum absolute atomic E-state index is 13.3. The largest absolute Gasteiger partial charge is 0.375 e. The highest BCUT2D eigenvalue weighted by molar-refractivity contribution is 5.34. The molecule has 4 heteroatoms. The van der Waals surface area contributed by atoms with E-state index in [2.05, 4.69) is 19.2 Å². The van der Waals surface area contributed by atoms with Crippen molar-refractivity contribution in [1.29, 1.82) is 5.26 Å². The Morgan fingerprint density at radius 3 is 2.86 bits per heavy atom. The molecule has 0 amide bonds. The highest BCUT2D eigenvalue weighted by Crippen LogP contribution is 2.31. The van der Waals surface area contributed by atoms with Crippen LogP contribution in [0, 0.1) is 17.1 Å². The number of halogens is 1. The molecule has 114 valence electrons. The van der Waals surface area contributed by atoms with Gasteiger partial charge in [-0.2, -0.15) is 5.26 Å². The standard InChI is InChI=1S/C17H23FN2O/c1-3-17(4-2)10-15(7-8-21-17)20-12-13-5-6-16(18)14(9-13)11-19/h5-6,9,15,20H,3-4,7-8,10,12H2,1-2H3. The smallest absolute Gasteiger partial charge is 0.140 e. The predicted octanol–water partition coefficient (Wildman–Crippen LogP) is 3.52. The van der Waals surface area contributed by atoms with Crippen molar-refractivity contribution in [2.75, 3.05) is 6.61 Å². The van der Waals surface area contributed by atoms with Crippen molar-refractivity contribution in [3.63, 3.8) is 0 Å². The van der Waals surface area contributed by atoms with Crippen LogP contribution in [0.5, 0.6) is 0 Å². The van der Waals surface area contributed by atoms with Crippen molar-refractivity contribution in [2.24, 2.45) is 0 Å². The van der Waals surface area contributed by atoms with E-state index in [1.807, 2.05) is 6.07 Å². The summed E-state index contributed by atoms with van der Waals surface area (Å²) in [4.78, 5) is 0. The van der Waals surface area contributed by atoms with Gasteiger partial charge >= 0.3 is 0 Å². The van der Waals surface area contributed by atoms with Crippen molar-refractivity contribution >= 4 is 0 Å². The van der Waals surface area contributed by atoms with Gasteiger partial charge < -0.3 is 10.1 Å². The molecule has 1 fully saturated rings. The van der Waals surface area contributed by atoms with Gasteiger partial charge in [-0.05, 0) is 43.4 Å². The summed E-state index contributed by atoms with van der Waals surface area (Å²) in [6, 6.07) is 7.01. The Morgan fingerprint density at radius 2 is 2.19 bits per heavy atom. The third-order valence-corrected chi connectivity index (χ3v) is 4.53. The van der Waals surface area contributed by atoms with Gasteiger partial charge in [-0.1, -0.05) is 19.9 Å².